The molecule has 0 aromatic heterocycles. The van der Waals surface area contributed by atoms with Crippen molar-refractivity contribution in [1.29, 1.82) is 0 Å². The molecule has 2 aromatic rings. The lowest BCUT2D eigenvalue weighted by molar-refractivity contribution is -0.148. The number of ether oxygens (including phenoxy) is 3. The van der Waals surface area contributed by atoms with Crippen LogP contribution in [0.3, 0.4) is 0 Å². The van der Waals surface area contributed by atoms with Crippen molar-refractivity contribution in [2.45, 2.75) is 46.3 Å². The van der Waals surface area contributed by atoms with Crippen molar-refractivity contribution in [2.75, 3.05) is 19.0 Å². The number of imide groups is 1. The summed E-state index contributed by atoms with van der Waals surface area (Å²) in [4.78, 5) is 52.2. The van der Waals surface area contributed by atoms with Gasteiger partial charge in [-0.15, -0.1) is 0 Å². The predicted octanol–water partition coefficient (Wildman–Crippen LogP) is 3.73. The van der Waals surface area contributed by atoms with Crippen LogP contribution in [0.25, 0.3) is 0 Å². The molecule has 1 aliphatic rings. The number of rotatable bonds is 9. The van der Waals surface area contributed by atoms with Crippen LogP contribution in [-0.4, -0.2) is 48.4 Å². The maximum absolute atomic E-state index is 13.5. The van der Waals surface area contributed by atoms with E-state index in [0.29, 0.717) is 23.7 Å². The van der Waals surface area contributed by atoms with Crippen molar-refractivity contribution in [3.8, 4) is 11.5 Å². The number of nitrogens with one attached hydrogen (secondary N) is 1. The summed E-state index contributed by atoms with van der Waals surface area (Å²) in [5.41, 5.74) is 0.972. The van der Waals surface area contributed by atoms with E-state index in [-0.39, 0.29) is 35.2 Å². The number of esters is 1. The molecule has 0 saturated carbocycles. The standard InChI is InChI=1S/C25H28N2O7/c1-6-33-21-12-16(10-11-20(21)32-5)19(13-22(29)34-14(2)3)27-24(30)17-8-7-9-18(26-15(4)28)23(17)25(27)31/h7-12,14,19H,6,13H2,1-5H3,(H,26,28). The van der Waals surface area contributed by atoms with Crippen LogP contribution < -0.4 is 14.8 Å². The van der Waals surface area contributed by atoms with Gasteiger partial charge in [0.1, 0.15) is 0 Å². The number of hydrogen-bond acceptors (Lipinski definition) is 7. The van der Waals surface area contributed by atoms with Crippen LogP contribution in [0.4, 0.5) is 5.69 Å². The summed E-state index contributed by atoms with van der Waals surface area (Å²) in [5, 5.41) is 2.60. The number of nitrogens with zero attached hydrogens (tertiary/aromatic N) is 1. The summed E-state index contributed by atoms with van der Waals surface area (Å²) in [6.45, 7) is 6.93. The van der Waals surface area contributed by atoms with Gasteiger partial charge in [-0.25, -0.2) is 0 Å². The van der Waals surface area contributed by atoms with Crippen molar-refractivity contribution < 1.29 is 33.4 Å². The Balaban J connectivity index is 2.09. The van der Waals surface area contributed by atoms with Crippen molar-refractivity contribution in [3.63, 3.8) is 0 Å². The molecule has 3 rings (SSSR count). The van der Waals surface area contributed by atoms with Crippen LogP contribution in [-0.2, 0) is 14.3 Å². The minimum Gasteiger partial charge on any atom is -0.493 e. The highest BCUT2D eigenvalue weighted by atomic mass is 16.5. The van der Waals surface area contributed by atoms with E-state index >= 15 is 0 Å². The van der Waals surface area contributed by atoms with Crippen molar-refractivity contribution >= 4 is 29.4 Å². The summed E-state index contributed by atoms with van der Waals surface area (Å²) >= 11 is 0. The van der Waals surface area contributed by atoms with E-state index in [9.17, 15) is 19.2 Å². The first-order valence-corrected chi connectivity index (χ1v) is 11.0. The lowest BCUT2D eigenvalue weighted by atomic mass is 10.0. The molecular formula is C25H28N2O7. The van der Waals surface area contributed by atoms with E-state index in [1.807, 2.05) is 6.92 Å². The van der Waals surface area contributed by atoms with Gasteiger partial charge in [-0.2, -0.15) is 0 Å². The molecule has 1 unspecified atom stereocenters. The molecule has 180 valence electrons. The third-order valence-corrected chi connectivity index (χ3v) is 5.17. The molecule has 0 saturated heterocycles. The highest BCUT2D eigenvalue weighted by Crippen LogP contribution is 2.39. The van der Waals surface area contributed by atoms with Gasteiger partial charge in [-0.3, -0.25) is 24.1 Å². The molecule has 0 fully saturated rings. The number of methoxy groups -OCH3 is 1. The smallest absolute Gasteiger partial charge is 0.308 e. The Morgan fingerprint density at radius 3 is 2.41 bits per heavy atom. The first-order chi connectivity index (χ1) is 16.2. The van der Waals surface area contributed by atoms with Gasteiger partial charge in [0, 0.05) is 6.92 Å². The number of hydrogen-bond donors (Lipinski definition) is 1. The molecule has 1 atom stereocenters. The highest BCUT2D eigenvalue weighted by molar-refractivity contribution is 6.24. The minimum absolute atomic E-state index is 0.0865. The zero-order valence-electron chi connectivity index (χ0n) is 19.8. The average molecular weight is 469 g/mol. The summed E-state index contributed by atoms with van der Waals surface area (Å²) in [7, 11) is 1.50. The maximum atomic E-state index is 13.5. The van der Waals surface area contributed by atoms with Crippen LogP contribution in [0, 0.1) is 0 Å². The van der Waals surface area contributed by atoms with Crippen LogP contribution in [0.5, 0.6) is 11.5 Å². The molecule has 0 radical (unpaired) electrons. The Morgan fingerprint density at radius 2 is 1.79 bits per heavy atom. The molecule has 1 aliphatic heterocycles. The van der Waals surface area contributed by atoms with Crippen LogP contribution in [0.1, 0.15) is 66.4 Å². The summed E-state index contributed by atoms with van der Waals surface area (Å²) in [5.74, 6) is -1.22. The van der Waals surface area contributed by atoms with Gasteiger partial charge in [0.15, 0.2) is 11.5 Å². The maximum Gasteiger partial charge on any atom is 0.308 e. The molecule has 1 heterocycles. The van der Waals surface area contributed by atoms with Crippen LogP contribution in [0.15, 0.2) is 36.4 Å². The van der Waals surface area contributed by atoms with Crippen molar-refractivity contribution in [2.24, 2.45) is 0 Å². The van der Waals surface area contributed by atoms with Gasteiger partial charge in [0.05, 0.1) is 49.1 Å². The molecule has 1 N–H and O–H groups in total. The molecule has 3 amide bonds. The zero-order chi connectivity index (χ0) is 25.0. The Hall–Kier alpha value is -3.88. The second kappa shape index (κ2) is 10.4. The number of carbonyl (C=O) groups excluding carboxylic acids is 4. The summed E-state index contributed by atoms with van der Waals surface area (Å²) in [6.07, 6.45) is -0.617. The van der Waals surface area contributed by atoms with E-state index in [2.05, 4.69) is 5.32 Å². The fourth-order valence-electron chi connectivity index (χ4n) is 3.88. The van der Waals surface area contributed by atoms with E-state index in [1.165, 1.54) is 20.1 Å². The Kier molecular flexibility index (Phi) is 7.55. The van der Waals surface area contributed by atoms with Gasteiger partial charge >= 0.3 is 5.97 Å². The van der Waals surface area contributed by atoms with Gasteiger partial charge in [0.25, 0.3) is 11.8 Å². The topological polar surface area (TPSA) is 111 Å². The molecule has 0 bridgehead atoms. The molecular weight excluding hydrogens is 440 g/mol. The summed E-state index contributed by atoms with van der Waals surface area (Å²) < 4.78 is 16.3. The fraction of sp³-hybridized carbons (Fsp3) is 0.360. The van der Waals surface area contributed by atoms with E-state index in [4.69, 9.17) is 14.2 Å². The monoisotopic (exact) mass is 468 g/mol. The molecule has 9 nitrogen and oxygen atoms in total. The highest BCUT2D eigenvalue weighted by Gasteiger charge is 2.43. The number of amides is 3. The van der Waals surface area contributed by atoms with Gasteiger partial charge < -0.3 is 19.5 Å². The molecule has 0 spiro atoms. The first kappa shape index (κ1) is 24.8. The van der Waals surface area contributed by atoms with Crippen molar-refractivity contribution in [3.05, 3.63) is 53.1 Å². The lowest BCUT2D eigenvalue weighted by Crippen LogP contribution is -2.36. The fourth-order valence-corrected chi connectivity index (χ4v) is 3.88. The van der Waals surface area contributed by atoms with E-state index in [1.54, 1.807) is 44.2 Å². The second-order valence-corrected chi connectivity index (χ2v) is 7.99. The van der Waals surface area contributed by atoms with Crippen LogP contribution in [0.2, 0.25) is 0 Å². The number of carbonyl (C=O) groups is 4. The number of anilines is 1. The van der Waals surface area contributed by atoms with Gasteiger partial charge in [0.2, 0.25) is 5.91 Å². The SMILES string of the molecule is CCOc1cc(C(CC(=O)OC(C)C)N2C(=O)c3cccc(NC(C)=O)c3C2=O)ccc1OC. The van der Waals surface area contributed by atoms with E-state index < -0.39 is 23.8 Å². The quantitative estimate of drug-likeness (QED) is 0.441. The number of fused-ring (bicyclic) bond motifs is 1. The van der Waals surface area contributed by atoms with Gasteiger partial charge in [-0.1, -0.05) is 12.1 Å². The zero-order valence-corrected chi connectivity index (χ0v) is 19.8. The van der Waals surface area contributed by atoms with E-state index in [0.717, 1.165) is 4.90 Å². The molecule has 34 heavy (non-hydrogen) atoms. The largest absolute Gasteiger partial charge is 0.493 e. The lowest BCUT2D eigenvalue weighted by Gasteiger charge is -2.27. The number of benzene rings is 2. The third-order valence-electron chi connectivity index (χ3n) is 5.17. The van der Waals surface area contributed by atoms with Crippen molar-refractivity contribution in [1.82, 2.24) is 4.90 Å². The second-order valence-electron chi connectivity index (χ2n) is 7.99. The molecule has 9 heteroatoms. The molecule has 2 aromatic carbocycles. The minimum atomic E-state index is -0.964. The Bertz CT molecular complexity index is 1130. The first-order valence-electron chi connectivity index (χ1n) is 11.0. The predicted molar refractivity (Wildman–Crippen MR) is 124 cm³/mol. The third kappa shape index (κ3) is 5.03. The summed E-state index contributed by atoms with van der Waals surface area (Å²) in [6, 6.07) is 8.67. The molecule has 0 aliphatic carbocycles. The van der Waals surface area contributed by atoms with Crippen LogP contribution >= 0.6 is 0 Å². The van der Waals surface area contributed by atoms with Gasteiger partial charge in [-0.05, 0) is 50.6 Å². The Morgan fingerprint density at radius 1 is 1.06 bits per heavy atom. The Labute approximate surface area is 198 Å². The average Bonchev–Trinajstić information content (AvgIpc) is 3.02. The normalized spacial score (nSPS) is 13.5.